The Morgan fingerprint density at radius 2 is 2.17 bits per heavy atom. The van der Waals surface area contributed by atoms with Gasteiger partial charge in [0.15, 0.2) is 0 Å². The second-order valence-corrected chi connectivity index (χ2v) is 4.91. The molecule has 0 atom stereocenters. The van der Waals surface area contributed by atoms with E-state index in [0.717, 1.165) is 25.3 Å². The van der Waals surface area contributed by atoms with Gasteiger partial charge in [0.2, 0.25) is 11.2 Å². The molecule has 2 rings (SSSR count). The molecule has 0 spiro atoms. The van der Waals surface area contributed by atoms with E-state index in [1.54, 1.807) is 0 Å². The van der Waals surface area contributed by atoms with Crippen LogP contribution < -0.4 is 10.1 Å². The maximum atomic E-state index is 5.83. The maximum absolute atomic E-state index is 5.83. The predicted molar refractivity (Wildman–Crippen MR) is 71.1 cm³/mol. The normalized spacial score (nSPS) is 15.2. The van der Waals surface area contributed by atoms with E-state index in [1.165, 1.54) is 19.3 Å². The molecule has 1 N–H and O–H groups in total. The number of nitrogens with zero attached hydrogens (tertiary/aromatic N) is 3. The molecule has 1 aliphatic carbocycles. The van der Waals surface area contributed by atoms with Crippen LogP contribution in [0.1, 0.15) is 39.0 Å². The Bertz CT molecular complexity index is 384. The molecule has 1 heterocycles. The van der Waals surface area contributed by atoms with Crippen molar-refractivity contribution in [1.82, 2.24) is 15.0 Å². The standard InChI is InChI=1S/C12H19ClN4O/c1-2-8-18-12-16-10(13)15-11(17-12)14-7-6-9-4-3-5-9/h9H,2-8H2,1H3,(H,14,15,16,17). The van der Waals surface area contributed by atoms with Gasteiger partial charge in [-0.3, -0.25) is 0 Å². The van der Waals surface area contributed by atoms with Crippen molar-refractivity contribution in [2.75, 3.05) is 18.5 Å². The summed E-state index contributed by atoms with van der Waals surface area (Å²) in [5.74, 6) is 1.37. The van der Waals surface area contributed by atoms with Crippen LogP contribution in [-0.4, -0.2) is 28.1 Å². The lowest BCUT2D eigenvalue weighted by Gasteiger charge is -2.25. The number of nitrogens with one attached hydrogen (secondary N) is 1. The van der Waals surface area contributed by atoms with Crippen LogP contribution in [0.2, 0.25) is 5.28 Å². The summed E-state index contributed by atoms with van der Waals surface area (Å²) < 4.78 is 5.35. The average molecular weight is 271 g/mol. The van der Waals surface area contributed by atoms with Gasteiger partial charge >= 0.3 is 6.01 Å². The van der Waals surface area contributed by atoms with Crippen molar-refractivity contribution in [2.45, 2.75) is 39.0 Å². The molecule has 5 nitrogen and oxygen atoms in total. The van der Waals surface area contributed by atoms with Gasteiger partial charge in [0, 0.05) is 6.54 Å². The van der Waals surface area contributed by atoms with Gasteiger partial charge in [-0.05, 0) is 30.4 Å². The molecule has 0 aliphatic heterocycles. The molecule has 1 fully saturated rings. The van der Waals surface area contributed by atoms with Crippen LogP contribution in [-0.2, 0) is 0 Å². The van der Waals surface area contributed by atoms with E-state index in [1.807, 2.05) is 6.92 Å². The minimum atomic E-state index is 0.169. The molecule has 1 aliphatic rings. The number of ether oxygens (including phenoxy) is 1. The van der Waals surface area contributed by atoms with Gasteiger partial charge in [0.25, 0.3) is 0 Å². The molecular formula is C12H19ClN4O. The molecule has 18 heavy (non-hydrogen) atoms. The van der Waals surface area contributed by atoms with Gasteiger partial charge in [0.05, 0.1) is 6.61 Å². The highest BCUT2D eigenvalue weighted by atomic mass is 35.5. The van der Waals surface area contributed by atoms with Crippen LogP contribution in [0, 0.1) is 5.92 Å². The van der Waals surface area contributed by atoms with E-state index in [2.05, 4.69) is 20.3 Å². The van der Waals surface area contributed by atoms with E-state index in [0.29, 0.717) is 18.6 Å². The number of aromatic nitrogens is 3. The first kappa shape index (κ1) is 13.3. The molecule has 0 radical (unpaired) electrons. The Morgan fingerprint density at radius 1 is 1.33 bits per heavy atom. The van der Waals surface area contributed by atoms with Crippen molar-refractivity contribution < 1.29 is 4.74 Å². The van der Waals surface area contributed by atoms with E-state index in [-0.39, 0.29) is 5.28 Å². The molecular weight excluding hydrogens is 252 g/mol. The highest BCUT2D eigenvalue weighted by Crippen LogP contribution is 2.29. The minimum Gasteiger partial charge on any atom is -0.463 e. The Labute approximate surface area is 112 Å². The van der Waals surface area contributed by atoms with Crippen LogP contribution in [0.25, 0.3) is 0 Å². The Balaban J connectivity index is 1.83. The van der Waals surface area contributed by atoms with Crippen LogP contribution in [0.4, 0.5) is 5.95 Å². The maximum Gasteiger partial charge on any atom is 0.322 e. The fourth-order valence-corrected chi connectivity index (χ4v) is 1.99. The van der Waals surface area contributed by atoms with Gasteiger partial charge in [-0.2, -0.15) is 15.0 Å². The lowest BCUT2D eigenvalue weighted by atomic mass is 9.83. The van der Waals surface area contributed by atoms with Gasteiger partial charge in [-0.15, -0.1) is 0 Å². The molecule has 0 saturated heterocycles. The third-order valence-corrected chi connectivity index (χ3v) is 3.25. The topological polar surface area (TPSA) is 59.9 Å². The molecule has 1 saturated carbocycles. The lowest BCUT2D eigenvalue weighted by Crippen LogP contribution is -2.16. The third-order valence-electron chi connectivity index (χ3n) is 3.08. The van der Waals surface area contributed by atoms with Crippen molar-refractivity contribution in [3.8, 4) is 6.01 Å². The van der Waals surface area contributed by atoms with Crippen LogP contribution in [0.3, 0.4) is 0 Å². The summed E-state index contributed by atoms with van der Waals surface area (Å²) in [6.07, 6.45) is 6.15. The van der Waals surface area contributed by atoms with Crippen molar-refractivity contribution in [2.24, 2.45) is 5.92 Å². The summed E-state index contributed by atoms with van der Waals surface area (Å²) in [7, 11) is 0. The third kappa shape index (κ3) is 3.98. The first-order chi connectivity index (χ1) is 8.78. The average Bonchev–Trinajstić information content (AvgIpc) is 2.29. The first-order valence-corrected chi connectivity index (χ1v) is 6.94. The van der Waals surface area contributed by atoms with Crippen molar-refractivity contribution in [3.05, 3.63) is 5.28 Å². The molecule has 0 bridgehead atoms. The zero-order chi connectivity index (χ0) is 12.8. The number of hydrogen-bond acceptors (Lipinski definition) is 5. The van der Waals surface area contributed by atoms with Gasteiger partial charge in [-0.1, -0.05) is 26.2 Å². The molecule has 0 aromatic carbocycles. The number of halogens is 1. The van der Waals surface area contributed by atoms with Gasteiger partial charge < -0.3 is 10.1 Å². The van der Waals surface area contributed by atoms with Gasteiger partial charge in [-0.25, -0.2) is 0 Å². The first-order valence-electron chi connectivity index (χ1n) is 6.56. The second kappa shape index (κ2) is 6.73. The summed E-state index contributed by atoms with van der Waals surface area (Å²) in [6.45, 7) is 3.49. The van der Waals surface area contributed by atoms with E-state index < -0.39 is 0 Å². The fourth-order valence-electron chi connectivity index (χ4n) is 1.84. The molecule has 1 aromatic rings. The van der Waals surface area contributed by atoms with E-state index >= 15 is 0 Å². The number of hydrogen-bond donors (Lipinski definition) is 1. The summed E-state index contributed by atoms with van der Waals surface area (Å²) >= 11 is 5.83. The lowest BCUT2D eigenvalue weighted by molar-refractivity contribution is 0.291. The zero-order valence-electron chi connectivity index (χ0n) is 10.7. The Hall–Kier alpha value is -1.10. The molecule has 100 valence electrons. The van der Waals surface area contributed by atoms with E-state index in [4.69, 9.17) is 16.3 Å². The Morgan fingerprint density at radius 3 is 2.83 bits per heavy atom. The molecule has 0 unspecified atom stereocenters. The summed E-state index contributed by atoms with van der Waals surface area (Å²) in [6, 6.07) is 0.294. The second-order valence-electron chi connectivity index (χ2n) is 4.57. The summed E-state index contributed by atoms with van der Waals surface area (Å²) in [5, 5.41) is 3.34. The quantitative estimate of drug-likeness (QED) is 0.825. The monoisotopic (exact) mass is 270 g/mol. The molecule has 1 aromatic heterocycles. The van der Waals surface area contributed by atoms with E-state index in [9.17, 15) is 0 Å². The fraction of sp³-hybridized carbons (Fsp3) is 0.750. The predicted octanol–water partition coefficient (Wildman–Crippen LogP) is 2.92. The van der Waals surface area contributed by atoms with Crippen molar-refractivity contribution >= 4 is 17.5 Å². The largest absolute Gasteiger partial charge is 0.463 e. The highest BCUT2D eigenvalue weighted by molar-refractivity contribution is 6.28. The molecule has 0 amide bonds. The summed E-state index contributed by atoms with van der Waals surface area (Å²) in [5.41, 5.74) is 0. The van der Waals surface area contributed by atoms with Crippen molar-refractivity contribution in [3.63, 3.8) is 0 Å². The summed E-state index contributed by atoms with van der Waals surface area (Å²) in [4.78, 5) is 12.1. The number of rotatable bonds is 7. The highest BCUT2D eigenvalue weighted by Gasteiger charge is 2.16. The minimum absolute atomic E-state index is 0.169. The van der Waals surface area contributed by atoms with Crippen LogP contribution in [0.5, 0.6) is 6.01 Å². The number of anilines is 1. The SMILES string of the molecule is CCCOc1nc(Cl)nc(NCCC2CCC2)n1. The van der Waals surface area contributed by atoms with Crippen molar-refractivity contribution in [1.29, 1.82) is 0 Å². The molecule has 6 heteroatoms. The van der Waals surface area contributed by atoms with Gasteiger partial charge in [0.1, 0.15) is 0 Å². The van der Waals surface area contributed by atoms with Crippen LogP contribution in [0.15, 0.2) is 0 Å². The Kier molecular flexibility index (Phi) is 4.99. The van der Waals surface area contributed by atoms with Crippen LogP contribution >= 0.6 is 11.6 Å². The zero-order valence-corrected chi connectivity index (χ0v) is 11.4. The smallest absolute Gasteiger partial charge is 0.322 e.